The Bertz CT molecular complexity index is 697. The number of carbonyl (C=O) groups is 1. The number of hydrogen-bond donors (Lipinski definition) is 2. The zero-order valence-corrected chi connectivity index (χ0v) is 13.6. The Morgan fingerprint density at radius 1 is 1.45 bits per heavy atom. The van der Waals surface area contributed by atoms with Gasteiger partial charge < -0.3 is 9.73 Å². The van der Waals surface area contributed by atoms with E-state index in [4.69, 9.17) is 4.42 Å². The first-order valence-electron chi connectivity index (χ1n) is 7.72. The Labute approximate surface area is 130 Å². The monoisotopic (exact) mass is 301 g/mol. The smallest absolute Gasteiger partial charge is 0.226 e. The molecule has 1 aliphatic carbocycles. The van der Waals surface area contributed by atoms with Gasteiger partial charge in [-0.1, -0.05) is 13.8 Å². The van der Waals surface area contributed by atoms with Crippen LogP contribution >= 0.6 is 0 Å². The lowest BCUT2D eigenvalue weighted by molar-refractivity contribution is -0.121. The molecule has 3 rings (SSSR count). The first-order valence-corrected chi connectivity index (χ1v) is 7.72. The molecule has 0 saturated heterocycles. The molecule has 1 atom stereocenters. The van der Waals surface area contributed by atoms with Gasteiger partial charge in [0.1, 0.15) is 11.5 Å². The molecular formula is C17H23N3O2. The summed E-state index contributed by atoms with van der Waals surface area (Å²) in [6, 6.07) is 3.97. The van der Waals surface area contributed by atoms with Crippen LogP contribution < -0.4 is 5.32 Å². The number of nitrogens with one attached hydrogen (secondary N) is 2. The lowest BCUT2D eigenvalue weighted by Crippen LogP contribution is -2.36. The molecule has 5 heteroatoms. The number of aromatic nitrogens is 2. The van der Waals surface area contributed by atoms with Crippen molar-refractivity contribution < 1.29 is 9.21 Å². The van der Waals surface area contributed by atoms with E-state index in [9.17, 15) is 4.79 Å². The summed E-state index contributed by atoms with van der Waals surface area (Å²) in [6.07, 6.45) is 2.14. The maximum Gasteiger partial charge on any atom is 0.226 e. The second-order valence-corrected chi connectivity index (χ2v) is 7.12. The Hall–Kier alpha value is -2.04. The minimum Gasteiger partial charge on any atom is -0.466 e. The van der Waals surface area contributed by atoms with Crippen LogP contribution in [0.25, 0.3) is 0 Å². The molecule has 1 amide bonds. The third kappa shape index (κ3) is 3.08. The lowest BCUT2D eigenvalue weighted by atomic mass is 9.74. The molecule has 0 fully saturated rings. The van der Waals surface area contributed by atoms with Gasteiger partial charge in [0, 0.05) is 17.7 Å². The molecule has 0 spiro atoms. The number of nitrogens with zero attached hydrogens (tertiary/aromatic N) is 1. The quantitative estimate of drug-likeness (QED) is 0.915. The predicted molar refractivity (Wildman–Crippen MR) is 83.5 cm³/mol. The molecule has 1 aliphatic rings. The average molecular weight is 301 g/mol. The van der Waals surface area contributed by atoms with Crippen molar-refractivity contribution in [2.75, 3.05) is 0 Å². The molecule has 0 aromatic carbocycles. The van der Waals surface area contributed by atoms with Crippen LogP contribution in [0.4, 0.5) is 0 Å². The zero-order chi connectivity index (χ0) is 15.9. The normalized spacial score (nSPS) is 19.7. The van der Waals surface area contributed by atoms with E-state index in [-0.39, 0.29) is 17.4 Å². The summed E-state index contributed by atoms with van der Waals surface area (Å²) >= 11 is 0. The van der Waals surface area contributed by atoms with E-state index in [1.165, 1.54) is 0 Å². The molecule has 2 N–H and O–H groups in total. The van der Waals surface area contributed by atoms with Gasteiger partial charge in [-0.3, -0.25) is 9.89 Å². The van der Waals surface area contributed by atoms with E-state index in [1.54, 1.807) is 0 Å². The van der Waals surface area contributed by atoms with Crippen molar-refractivity contribution in [1.82, 2.24) is 15.5 Å². The number of amides is 1. The minimum atomic E-state index is -0.000923. The fraction of sp³-hybridized carbons (Fsp3) is 0.529. The van der Waals surface area contributed by atoms with Gasteiger partial charge >= 0.3 is 0 Å². The van der Waals surface area contributed by atoms with E-state index in [1.807, 2.05) is 26.0 Å². The van der Waals surface area contributed by atoms with Gasteiger partial charge in [0.15, 0.2) is 0 Å². The standard InChI is InChI=1S/C17H23N3O2/c1-10-5-12(20-19-10)7-16(21)18-14-8-17(3,4)9-15-13(14)6-11(2)22-15/h5-6,14H,7-9H2,1-4H3,(H,18,21)(H,19,20). The summed E-state index contributed by atoms with van der Waals surface area (Å²) in [7, 11) is 0. The van der Waals surface area contributed by atoms with Gasteiger partial charge in [-0.05, 0) is 37.8 Å². The van der Waals surface area contributed by atoms with Crippen molar-refractivity contribution in [3.8, 4) is 0 Å². The summed E-state index contributed by atoms with van der Waals surface area (Å²) in [5.41, 5.74) is 2.99. The second kappa shape index (κ2) is 5.30. The highest BCUT2D eigenvalue weighted by Crippen LogP contribution is 2.41. The van der Waals surface area contributed by atoms with E-state index in [2.05, 4.69) is 29.4 Å². The Balaban J connectivity index is 1.75. The van der Waals surface area contributed by atoms with E-state index >= 15 is 0 Å². The van der Waals surface area contributed by atoms with Gasteiger partial charge in [-0.2, -0.15) is 5.10 Å². The highest BCUT2D eigenvalue weighted by molar-refractivity contribution is 5.78. The highest BCUT2D eigenvalue weighted by atomic mass is 16.3. The summed E-state index contributed by atoms with van der Waals surface area (Å²) in [6.45, 7) is 8.31. The van der Waals surface area contributed by atoms with Crippen molar-refractivity contribution in [3.63, 3.8) is 0 Å². The highest BCUT2D eigenvalue weighted by Gasteiger charge is 2.35. The topological polar surface area (TPSA) is 70.9 Å². The number of aryl methyl sites for hydroxylation is 2. The van der Waals surface area contributed by atoms with Crippen molar-refractivity contribution in [1.29, 1.82) is 0 Å². The van der Waals surface area contributed by atoms with E-state index in [0.717, 1.165) is 41.3 Å². The summed E-state index contributed by atoms with van der Waals surface area (Å²) in [4.78, 5) is 12.3. The molecule has 118 valence electrons. The molecule has 2 aromatic rings. The second-order valence-electron chi connectivity index (χ2n) is 7.12. The molecule has 0 aliphatic heterocycles. The largest absolute Gasteiger partial charge is 0.466 e. The maximum atomic E-state index is 12.3. The number of fused-ring (bicyclic) bond motifs is 1. The zero-order valence-electron chi connectivity index (χ0n) is 13.6. The van der Waals surface area contributed by atoms with Crippen LogP contribution in [0.15, 0.2) is 16.5 Å². The van der Waals surface area contributed by atoms with Crippen LogP contribution in [-0.4, -0.2) is 16.1 Å². The molecule has 5 nitrogen and oxygen atoms in total. The van der Waals surface area contributed by atoms with Gasteiger partial charge in [-0.15, -0.1) is 0 Å². The van der Waals surface area contributed by atoms with Crippen LogP contribution in [0.1, 0.15) is 54.8 Å². The SMILES string of the molecule is Cc1cc(CC(=O)NC2CC(C)(C)Cc3oc(C)cc32)n[nH]1. The number of furan rings is 1. The number of H-pyrrole nitrogens is 1. The first-order chi connectivity index (χ1) is 10.3. The number of carbonyl (C=O) groups excluding carboxylic acids is 1. The lowest BCUT2D eigenvalue weighted by Gasteiger charge is -2.34. The molecule has 0 saturated carbocycles. The summed E-state index contributed by atoms with van der Waals surface area (Å²) in [5.74, 6) is 1.92. The third-order valence-corrected chi connectivity index (χ3v) is 4.17. The minimum absolute atomic E-state index is 0.000923. The Morgan fingerprint density at radius 2 is 2.23 bits per heavy atom. The van der Waals surface area contributed by atoms with Gasteiger partial charge in [0.05, 0.1) is 18.2 Å². The van der Waals surface area contributed by atoms with Crippen molar-refractivity contribution in [3.05, 3.63) is 40.6 Å². The molecular weight excluding hydrogens is 278 g/mol. The molecule has 2 heterocycles. The van der Waals surface area contributed by atoms with Crippen LogP contribution in [0.5, 0.6) is 0 Å². The van der Waals surface area contributed by atoms with Crippen LogP contribution in [0.2, 0.25) is 0 Å². The summed E-state index contributed by atoms with van der Waals surface area (Å²) < 4.78 is 5.81. The van der Waals surface area contributed by atoms with Crippen molar-refractivity contribution in [2.45, 2.75) is 53.0 Å². The van der Waals surface area contributed by atoms with Gasteiger partial charge in [-0.25, -0.2) is 0 Å². The van der Waals surface area contributed by atoms with Crippen molar-refractivity contribution >= 4 is 5.91 Å². The number of hydrogen-bond acceptors (Lipinski definition) is 3. The Morgan fingerprint density at radius 3 is 2.91 bits per heavy atom. The van der Waals surface area contributed by atoms with Gasteiger partial charge in [0.2, 0.25) is 5.91 Å². The Kier molecular flexibility index (Phi) is 3.59. The first kappa shape index (κ1) is 14.9. The molecule has 1 unspecified atom stereocenters. The van der Waals surface area contributed by atoms with E-state index in [0.29, 0.717) is 6.42 Å². The number of aromatic amines is 1. The average Bonchev–Trinajstić information content (AvgIpc) is 2.93. The number of rotatable bonds is 3. The molecule has 0 radical (unpaired) electrons. The summed E-state index contributed by atoms with van der Waals surface area (Å²) in [5, 5.41) is 10.1. The fourth-order valence-corrected chi connectivity index (χ4v) is 3.29. The van der Waals surface area contributed by atoms with E-state index < -0.39 is 0 Å². The van der Waals surface area contributed by atoms with Crippen LogP contribution in [-0.2, 0) is 17.6 Å². The third-order valence-electron chi connectivity index (χ3n) is 4.17. The molecule has 0 bridgehead atoms. The maximum absolute atomic E-state index is 12.3. The molecule has 22 heavy (non-hydrogen) atoms. The fourth-order valence-electron chi connectivity index (χ4n) is 3.29. The van der Waals surface area contributed by atoms with Gasteiger partial charge in [0.25, 0.3) is 0 Å². The molecule has 2 aromatic heterocycles. The van der Waals surface area contributed by atoms with Crippen molar-refractivity contribution in [2.24, 2.45) is 5.41 Å². The predicted octanol–water partition coefficient (Wildman–Crippen LogP) is 2.99. The van der Waals surface area contributed by atoms with Crippen LogP contribution in [0.3, 0.4) is 0 Å². The van der Waals surface area contributed by atoms with Crippen LogP contribution in [0, 0.1) is 19.3 Å².